The monoisotopic (exact) mass is 255 g/mol. The van der Waals surface area contributed by atoms with Crippen LogP contribution < -0.4 is 10.5 Å². The van der Waals surface area contributed by atoms with E-state index in [9.17, 15) is 0 Å². The predicted octanol–water partition coefficient (Wildman–Crippen LogP) is 4.24. The molecule has 0 radical (unpaired) electrons. The Hall–Kier alpha value is -1.80. The molecule has 0 aliphatic rings. The first-order valence-electron chi connectivity index (χ1n) is 6.57. The zero-order valence-electron chi connectivity index (χ0n) is 11.8. The van der Waals surface area contributed by atoms with E-state index in [2.05, 4.69) is 32.9 Å². The summed E-state index contributed by atoms with van der Waals surface area (Å²) < 4.78 is 5.89. The van der Waals surface area contributed by atoms with Gasteiger partial charge in [0.25, 0.3) is 0 Å². The van der Waals surface area contributed by atoms with E-state index in [0.29, 0.717) is 6.54 Å². The van der Waals surface area contributed by atoms with Crippen molar-refractivity contribution in [1.82, 2.24) is 0 Å². The van der Waals surface area contributed by atoms with Crippen LogP contribution in [0, 0.1) is 0 Å². The highest BCUT2D eigenvalue weighted by atomic mass is 16.5. The van der Waals surface area contributed by atoms with Gasteiger partial charge in [0.05, 0.1) is 0 Å². The number of ether oxygens (including phenoxy) is 1. The molecular formula is C17H21NO. The molecule has 2 heteroatoms. The topological polar surface area (TPSA) is 35.2 Å². The van der Waals surface area contributed by atoms with Gasteiger partial charge in [-0.25, -0.2) is 0 Å². The van der Waals surface area contributed by atoms with Crippen LogP contribution in [0.1, 0.15) is 31.9 Å². The first kappa shape index (κ1) is 13.6. The summed E-state index contributed by atoms with van der Waals surface area (Å²) in [5, 5.41) is 0. The maximum Gasteiger partial charge on any atom is 0.131 e. The molecule has 2 nitrogen and oxygen atoms in total. The molecule has 2 aromatic carbocycles. The molecule has 0 bridgehead atoms. The highest BCUT2D eigenvalue weighted by Crippen LogP contribution is 2.28. The Balaban J connectivity index is 2.20. The van der Waals surface area contributed by atoms with Gasteiger partial charge < -0.3 is 10.5 Å². The Morgan fingerprint density at radius 3 is 2.16 bits per heavy atom. The van der Waals surface area contributed by atoms with E-state index in [1.54, 1.807) is 0 Å². The third kappa shape index (κ3) is 3.36. The standard InChI is InChI=1S/C17H21NO/c1-17(2,3)14-8-10-15(11-9-14)19-16-7-5-4-6-13(16)12-18/h4-11H,12,18H2,1-3H3. The fourth-order valence-electron chi connectivity index (χ4n) is 1.92. The average Bonchev–Trinajstić information content (AvgIpc) is 2.39. The fraction of sp³-hybridized carbons (Fsp3) is 0.294. The van der Waals surface area contributed by atoms with Crippen LogP contribution in [0.15, 0.2) is 48.5 Å². The number of rotatable bonds is 3. The van der Waals surface area contributed by atoms with Crippen molar-refractivity contribution in [2.24, 2.45) is 5.73 Å². The van der Waals surface area contributed by atoms with Crippen LogP contribution in [-0.2, 0) is 12.0 Å². The average molecular weight is 255 g/mol. The number of nitrogens with two attached hydrogens (primary N) is 1. The fourth-order valence-corrected chi connectivity index (χ4v) is 1.92. The molecule has 0 unspecified atom stereocenters. The highest BCUT2D eigenvalue weighted by molar-refractivity contribution is 5.39. The minimum atomic E-state index is 0.160. The van der Waals surface area contributed by atoms with Crippen molar-refractivity contribution >= 4 is 0 Å². The van der Waals surface area contributed by atoms with E-state index >= 15 is 0 Å². The molecule has 0 aromatic heterocycles. The molecular weight excluding hydrogens is 234 g/mol. The van der Waals surface area contributed by atoms with Crippen LogP contribution >= 0.6 is 0 Å². The van der Waals surface area contributed by atoms with Gasteiger partial charge in [0, 0.05) is 12.1 Å². The maximum absolute atomic E-state index is 5.89. The molecule has 0 aliphatic carbocycles. The largest absolute Gasteiger partial charge is 0.457 e. The van der Waals surface area contributed by atoms with E-state index in [4.69, 9.17) is 10.5 Å². The lowest BCUT2D eigenvalue weighted by Crippen LogP contribution is -2.10. The minimum Gasteiger partial charge on any atom is -0.457 e. The second kappa shape index (κ2) is 5.45. The lowest BCUT2D eigenvalue weighted by molar-refractivity contribution is 0.475. The Kier molecular flexibility index (Phi) is 3.91. The summed E-state index contributed by atoms with van der Waals surface area (Å²) in [5.74, 6) is 1.67. The third-order valence-corrected chi connectivity index (χ3v) is 3.14. The Morgan fingerprint density at radius 1 is 0.947 bits per heavy atom. The summed E-state index contributed by atoms with van der Waals surface area (Å²) in [5.41, 5.74) is 8.18. The Morgan fingerprint density at radius 2 is 1.58 bits per heavy atom. The van der Waals surface area contributed by atoms with Gasteiger partial charge in [-0.1, -0.05) is 51.1 Å². The number of benzene rings is 2. The Labute approximate surface area is 115 Å². The van der Waals surface area contributed by atoms with E-state index in [1.165, 1.54) is 5.56 Å². The van der Waals surface area contributed by atoms with Crippen LogP contribution in [0.25, 0.3) is 0 Å². The SMILES string of the molecule is CC(C)(C)c1ccc(Oc2ccccc2CN)cc1. The molecule has 0 fully saturated rings. The summed E-state index contributed by atoms with van der Waals surface area (Å²) in [6, 6.07) is 16.1. The van der Waals surface area contributed by atoms with Gasteiger partial charge in [-0.3, -0.25) is 0 Å². The van der Waals surface area contributed by atoms with Crippen molar-refractivity contribution in [2.75, 3.05) is 0 Å². The van der Waals surface area contributed by atoms with Crippen LogP contribution in [0.5, 0.6) is 11.5 Å². The van der Waals surface area contributed by atoms with Gasteiger partial charge in [0.15, 0.2) is 0 Å². The van der Waals surface area contributed by atoms with Crippen molar-refractivity contribution in [3.8, 4) is 11.5 Å². The van der Waals surface area contributed by atoms with E-state index in [1.807, 2.05) is 36.4 Å². The molecule has 0 atom stereocenters. The van der Waals surface area contributed by atoms with Gasteiger partial charge >= 0.3 is 0 Å². The lowest BCUT2D eigenvalue weighted by Gasteiger charge is -2.19. The van der Waals surface area contributed by atoms with Crippen LogP contribution in [-0.4, -0.2) is 0 Å². The number of hydrogen-bond donors (Lipinski definition) is 1. The Bertz CT molecular complexity index is 538. The molecule has 19 heavy (non-hydrogen) atoms. The third-order valence-electron chi connectivity index (χ3n) is 3.14. The molecule has 0 saturated carbocycles. The lowest BCUT2D eigenvalue weighted by atomic mass is 9.87. The van der Waals surface area contributed by atoms with Crippen molar-refractivity contribution in [1.29, 1.82) is 0 Å². The molecule has 2 N–H and O–H groups in total. The summed E-state index contributed by atoms with van der Waals surface area (Å²) >= 11 is 0. The zero-order valence-corrected chi connectivity index (χ0v) is 11.8. The highest BCUT2D eigenvalue weighted by Gasteiger charge is 2.13. The smallest absolute Gasteiger partial charge is 0.131 e. The first-order valence-corrected chi connectivity index (χ1v) is 6.57. The van der Waals surface area contributed by atoms with Gasteiger partial charge in [-0.15, -0.1) is 0 Å². The van der Waals surface area contributed by atoms with Crippen LogP contribution in [0.4, 0.5) is 0 Å². The summed E-state index contributed by atoms with van der Waals surface area (Å²) in [6.07, 6.45) is 0. The summed E-state index contributed by atoms with van der Waals surface area (Å²) in [4.78, 5) is 0. The van der Waals surface area contributed by atoms with Crippen molar-refractivity contribution in [3.05, 3.63) is 59.7 Å². The molecule has 100 valence electrons. The van der Waals surface area contributed by atoms with Crippen molar-refractivity contribution in [2.45, 2.75) is 32.7 Å². The van der Waals surface area contributed by atoms with Gasteiger partial charge in [-0.2, -0.15) is 0 Å². The van der Waals surface area contributed by atoms with Gasteiger partial charge in [-0.05, 0) is 29.2 Å². The maximum atomic E-state index is 5.89. The van der Waals surface area contributed by atoms with E-state index in [0.717, 1.165) is 17.1 Å². The van der Waals surface area contributed by atoms with Crippen molar-refractivity contribution < 1.29 is 4.74 Å². The molecule has 0 spiro atoms. The molecule has 0 amide bonds. The minimum absolute atomic E-state index is 0.160. The first-order chi connectivity index (χ1) is 9.00. The number of hydrogen-bond acceptors (Lipinski definition) is 2. The summed E-state index contributed by atoms with van der Waals surface area (Å²) in [7, 11) is 0. The van der Waals surface area contributed by atoms with E-state index < -0.39 is 0 Å². The second-order valence-corrected chi connectivity index (χ2v) is 5.69. The quantitative estimate of drug-likeness (QED) is 0.890. The zero-order chi connectivity index (χ0) is 13.9. The normalized spacial score (nSPS) is 11.4. The second-order valence-electron chi connectivity index (χ2n) is 5.69. The molecule has 2 aromatic rings. The van der Waals surface area contributed by atoms with E-state index in [-0.39, 0.29) is 5.41 Å². The van der Waals surface area contributed by atoms with Crippen LogP contribution in [0.3, 0.4) is 0 Å². The molecule has 0 saturated heterocycles. The molecule has 2 rings (SSSR count). The molecule has 0 heterocycles. The summed E-state index contributed by atoms with van der Waals surface area (Å²) in [6.45, 7) is 7.09. The van der Waals surface area contributed by atoms with Gasteiger partial charge in [0.1, 0.15) is 11.5 Å². The van der Waals surface area contributed by atoms with Gasteiger partial charge in [0.2, 0.25) is 0 Å². The number of para-hydroxylation sites is 1. The van der Waals surface area contributed by atoms with Crippen LogP contribution in [0.2, 0.25) is 0 Å². The predicted molar refractivity (Wildman–Crippen MR) is 79.5 cm³/mol. The van der Waals surface area contributed by atoms with Crippen molar-refractivity contribution in [3.63, 3.8) is 0 Å². The molecule has 0 aliphatic heterocycles.